The number of nitrogens with zero attached hydrogens (tertiary/aromatic N) is 3. The summed E-state index contributed by atoms with van der Waals surface area (Å²) >= 11 is 7.54. The Hall–Kier alpha value is -2.82. The number of ether oxygens (including phenoxy) is 1. The molecule has 2 heterocycles. The van der Waals surface area contributed by atoms with Gasteiger partial charge in [0.25, 0.3) is 5.91 Å². The van der Waals surface area contributed by atoms with Gasteiger partial charge >= 0.3 is 0 Å². The van der Waals surface area contributed by atoms with Crippen molar-refractivity contribution in [3.8, 4) is 0 Å². The molecule has 1 saturated heterocycles. The van der Waals surface area contributed by atoms with Crippen LogP contribution in [-0.2, 0) is 21.3 Å². The molecule has 1 unspecified atom stereocenters. The molecule has 1 aromatic heterocycles. The second kappa shape index (κ2) is 10.9. The van der Waals surface area contributed by atoms with E-state index in [1.54, 1.807) is 30.1 Å². The molecule has 5 rings (SSSR count). The molecule has 1 amide bonds. The minimum absolute atomic E-state index is 0.0872. The molecule has 1 atom stereocenters. The monoisotopic (exact) mass is 555 g/mol. The van der Waals surface area contributed by atoms with Crippen molar-refractivity contribution in [1.29, 1.82) is 0 Å². The highest BCUT2D eigenvalue weighted by molar-refractivity contribution is 7.89. The van der Waals surface area contributed by atoms with Crippen LogP contribution >= 0.6 is 22.9 Å². The number of carbonyl (C=O) groups excluding carboxylic acids is 1. The first-order valence-electron chi connectivity index (χ1n) is 11.9. The van der Waals surface area contributed by atoms with Gasteiger partial charge in [0.15, 0.2) is 5.13 Å². The standard InChI is InChI=1S/C27H26ClN3O4S2/c1-30(18-22-8-5-15-35-22)37(33,34)23-12-9-20(10-13-23)26(32)31(17-19-6-3-2-4-7-19)27-29-24-14-11-21(28)16-25(24)36-27/h2-4,6-7,9-14,16,22H,5,8,15,17-18H2,1H3. The summed E-state index contributed by atoms with van der Waals surface area (Å²) in [7, 11) is -2.15. The summed E-state index contributed by atoms with van der Waals surface area (Å²) in [6.45, 7) is 1.28. The van der Waals surface area contributed by atoms with Gasteiger partial charge in [-0.15, -0.1) is 0 Å². The molecule has 1 fully saturated rings. The third-order valence-corrected chi connectivity index (χ3v) is 9.41. The van der Waals surface area contributed by atoms with Crippen LogP contribution < -0.4 is 4.90 Å². The van der Waals surface area contributed by atoms with Crippen molar-refractivity contribution >= 4 is 54.2 Å². The van der Waals surface area contributed by atoms with E-state index in [-0.39, 0.29) is 16.9 Å². The van der Waals surface area contributed by atoms with Crippen LogP contribution in [0.3, 0.4) is 0 Å². The Labute approximate surface area is 225 Å². The maximum atomic E-state index is 13.7. The predicted octanol–water partition coefficient (Wildman–Crippen LogP) is 5.60. The fraction of sp³-hybridized carbons (Fsp3) is 0.259. The first kappa shape index (κ1) is 25.8. The molecule has 0 N–H and O–H groups in total. The molecule has 0 radical (unpaired) electrons. The van der Waals surface area contributed by atoms with Crippen molar-refractivity contribution in [2.45, 2.75) is 30.4 Å². The van der Waals surface area contributed by atoms with Crippen LogP contribution in [0.15, 0.2) is 77.7 Å². The Kier molecular flexibility index (Phi) is 7.60. The number of hydrogen-bond acceptors (Lipinski definition) is 6. The van der Waals surface area contributed by atoms with Crippen LogP contribution in [0.2, 0.25) is 5.02 Å². The quantitative estimate of drug-likeness (QED) is 0.283. The van der Waals surface area contributed by atoms with E-state index in [9.17, 15) is 13.2 Å². The predicted molar refractivity (Wildman–Crippen MR) is 147 cm³/mol. The molecule has 7 nitrogen and oxygen atoms in total. The van der Waals surface area contributed by atoms with Crippen LogP contribution in [0, 0.1) is 0 Å². The first-order chi connectivity index (χ1) is 17.8. The number of anilines is 1. The zero-order chi connectivity index (χ0) is 26.0. The number of benzene rings is 3. The number of sulfonamides is 1. The zero-order valence-electron chi connectivity index (χ0n) is 20.2. The van der Waals surface area contributed by atoms with Gasteiger partial charge in [-0.3, -0.25) is 9.69 Å². The van der Waals surface area contributed by atoms with Gasteiger partial charge in [-0.2, -0.15) is 4.31 Å². The number of likely N-dealkylation sites (N-methyl/N-ethyl adjacent to an activating group) is 1. The summed E-state index contributed by atoms with van der Waals surface area (Å²) in [6.07, 6.45) is 1.70. The Balaban J connectivity index is 1.42. The third-order valence-electron chi connectivity index (χ3n) is 6.29. The highest BCUT2D eigenvalue weighted by Gasteiger charge is 2.27. The Bertz CT molecular complexity index is 1500. The lowest BCUT2D eigenvalue weighted by Crippen LogP contribution is -2.34. The van der Waals surface area contributed by atoms with Crippen LogP contribution in [0.5, 0.6) is 0 Å². The fourth-order valence-corrected chi connectivity index (χ4v) is 6.71. The number of halogens is 1. The SMILES string of the molecule is CN(CC1CCCO1)S(=O)(=O)c1ccc(C(=O)N(Cc2ccccc2)c2nc3ccc(Cl)cc3s2)cc1. The van der Waals surface area contributed by atoms with Gasteiger partial charge in [-0.05, 0) is 60.9 Å². The van der Waals surface area contributed by atoms with Crippen LogP contribution in [0.4, 0.5) is 5.13 Å². The van der Waals surface area contributed by atoms with Crippen LogP contribution in [0.1, 0.15) is 28.8 Å². The van der Waals surface area contributed by atoms with Gasteiger partial charge in [-0.1, -0.05) is 53.3 Å². The molecule has 37 heavy (non-hydrogen) atoms. The molecule has 0 spiro atoms. The molecular formula is C27H26ClN3O4S2. The van der Waals surface area contributed by atoms with E-state index in [0.717, 1.165) is 28.6 Å². The summed E-state index contributed by atoms with van der Waals surface area (Å²) < 4.78 is 33.9. The topological polar surface area (TPSA) is 79.8 Å². The van der Waals surface area contributed by atoms with Crippen molar-refractivity contribution in [1.82, 2.24) is 9.29 Å². The van der Waals surface area contributed by atoms with Gasteiger partial charge in [0.2, 0.25) is 10.0 Å². The van der Waals surface area contributed by atoms with E-state index >= 15 is 0 Å². The fourth-order valence-electron chi connectivity index (χ4n) is 4.27. The number of amides is 1. The molecule has 0 saturated carbocycles. The maximum absolute atomic E-state index is 13.7. The highest BCUT2D eigenvalue weighted by Crippen LogP contribution is 2.32. The number of thiazole rings is 1. The van der Waals surface area contributed by atoms with E-state index in [1.165, 1.54) is 27.8 Å². The Morgan fingerprint density at radius 2 is 1.86 bits per heavy atom. The van der Waals surface area contributed by atoms with Gasteiger partial charge < -0.3 is 4.74 Å². The minimum Gasteiger partial charge on any atom is -0.377 e. The summed E-state index contributed by atoms with van der Waals surface area (Å²) in [6, 6.07) is 21.1. The average Bonchev–Trinajstić information content (AvgIpc) is 3.57. The number of carbonyl (C=O) groups is 1. The highest BCUT2D eigenvalue weighted by atomic mass is 35.5. The van der Waals surface area contributed by atoms with Crippen molar-refractivity contribution in [3.05, 3.63) is 88.9 Å². The lowest BCUT2D eigenvalue weighted by atomic mass is 10.1. The maximum Gasteiger partial charge on any atom is 0.260 e. The summed E-state index contributed by atoms with van der Waals surface area (Å²) in [5, 5.41) is 1.14. The molecule has 0 bridgehead atoms. The summed E-state index contributed by atoms with van der Waals surface area (Å²) in [5.41, 5.74) is 2.07. The van der Waals surface area contributed by atoms with Gasteiger partial charge in [0.05, 0.1) is 27.8 Å². The third kappa shape index (κ3) is 5.71. The van der Waals surface area contributed by atoms with E-state index in [4.69, 9.17) is 16.3 Å². The van der Waals surface area contributed by atoms with Crippen LogP contribution in [-0.4, -0.2) is 49.9 Å². The summed E-state index contributed by atoms with van der Waals surface area (Å²) in [4.78, 5) is 20.1. The molecule has 1 aliphatic rings. The molecule has 192 valence electrons. The number of hydrogen-bond donors (Lipinski definition) is 0. The van der Waals surface area contributed by atoms with E-state index in [2.05, 4.69) is 4.98 Å². The van der Waals surface area contributed by atoms with E-state index < -0.39 is 10.0 Å². The number of rotatable bonds is 8. The minimum atomic E-state index is -3.71. The molecule has 1 aliphatic heterocycles. The molecule has 0 aliphatic carbocycles. The van der Waals surface area contributed by atoms with Crippen LogP contribution in [0.25, 0.3) is 10.2 Å². The van der Waals surface area contributed by atoms with Gasteiger partial charge in [-0.25, -0.2) is 13.4 Å². The molecule has 4 aromatic rings. The van der Waals surface area contributed by atoms with Crippen molar-refractivity contribution in [2.24, 2.45) is 0 Å². The smallest absolute Gasteiger partial charge is 0.260 e. The van der Waals surface area contributed by atoms with Crippen molar-refractivity contribution in [2.75, 3.05) is 25.1 Å². The average molecular weight is 556 g/mol. The van der Waals surface area contributed by atoms with E-state index in [1.807, 2.05) is 42.5 Å². The van der Waals surface area contributed by atoms with E-state index in [0.29, 0.717) is 35.4 Å². The number of aromatic nitrogens is 1. The van der Waals surface area contributed by atoms with Crippen molar-refractivity contribution < 1.29 is 17.9 Å². The normalized spacial score (nSPS) is 15.9. The summed E-state index contributed by atoms with van der Waals surface area (Å²) in [5.74, 6) is -0.273. The van der Waals surface area contributed by atoms with Gasteiger partial charge in [0.1, 0.15) is 0 Å². The first-order valence-corrected chi connectivity index (χ1v) is 14.5. The molecule has 10 heteroatoms. The lowest BCUT2D eigenvalue weighted by Gasteiger charge is -2.22. The zero-order valence-corrected chi connectivity index (χ0v) is 22.6. The Morgan fingerprint density at radius 1 is 1.11 bits per heavy atom. The Morgan fingerprint density at radius 3 is 2.57 bits per heavy atom. The largest absolute Gasteiger partial charge is 0.377 e. The number of fused-ring (bicyclic) bond motifs is 1. The molecular weight excluding hydrogens is 530 g/mol. The second-order valence-electron chi connectivity index (χ2n) is 8.93. The lowest BCUT2D eigenvalue weighted by molar-refractivity contribution is 0.0978. The van der Waals surface area contributed by atoms with Gasteiger partial charge in [0, 0.05) is 30.8 Å². The van der Waals surface area contributed by atoms with Crippen molar-refractivity contribution in [3.63, 3.8) is 0 Å². The molecule has 3 aromatic carbocycles. The second-order valence-corrected chi connectivity index (χ2v) is 12.4.